The van der Waals surface area contributed by atoms with Crippen molar-refractivity contribution in [3.8, 4) is 0 Å². The molecule has 4 heteroatoms. The minimum absolute atomic E-state index is 0.102. The second-order valence-corrected chi connectivity index (χ2v) is 4.76. The van der Waals surface area contributed by atoms with Crippen LogP contribution in [0.15, 0.2) is 18.2 Å². The van der Waals surface area contributed by atoms with Gasteiger partial charge in [-0.25, -0.2) is 0 Å². The molecule has 0 aromatic heterocycles. The lowest BCUT2D eigenvalue weighted by molar-refractivity contribution is -0.117. The van der Waals surface area contributed by atoms with Crippen LogP contribution in [0.3, 0.4) is 0 Å². The summed E-state index contributed by atoms with van der Waals surface area (Å²) in [6, 6.07) is 5.52. The molecule has 86 valence electrons. The zero-order valence-electron chi connectivity index (χ0n) is 9.46. The summed E-state index contributed by atoms with van der Waals surface area (Å²) in [6.07, 6.45) is 2.01. The summed E-state index contributed by atoms with van der Waals surface area (Å²) in [6.45, 7) is 0. The van der Waals surface area contributed by atoms with Crippen molar-refractivity contribution in [2.24, 2.45) is 5.92 Å². The minimum atomic E-state index is 0.102. The van der Waals surface area contributed by atoms with Gasteiger partial charge in [-0.3, -0.25) is 4.79 Å². The molecule has 1 aliphatic carbocycles. The van der Waals surface area contributed by atoms with Crippen LogP contribution in [0.1, 0.15) is 12.8 Å². The zero-order valence-corrected chi connectivity index (χ0v) is 10.2. The Labute approximate surface area is 100 Å². The van der Waals surface area contributed by atoms with Gasteiger partial charge in [0.05, 0.1) is 11.4 Å². The molecule has 0 aliphatic heterocycles. The highest BCUT2D eigenvalue weighted by molar-refractivity contribution is 6.31. The molecule has 0 saturated heterocycles. The highest BCUT2D eigenvalue weighted by Crippen LogP contribution is 2.33. The van der Waals surface area contributed by atoms with Gasteiger partial charge in [-0.05, 0) is 31.0 Å². The molecule has 1 aliphatic rings. The molecule has 1 saturated carbocycles. The SMILES string of the molecule is CN(C)c1ccc(Cl)cc1NC(=O)C1CC1. The molecule has 16 heavy (non-hydrogen) atoms. The molecular weight excluding hydrogens is 224 g/mol. The number of nitrogens with one attached hydrogen (secondary N) is 1. The number of hydrogen-bond acceptors (Lipinski definition) is 2. The monoisotopic (exact) mass is 238 g/mol. The maximum Gasteiger partial charge on any atom is 0.227 e. The summed E-state index contributed by atoms with van der Waals surface area (Å²) in [5.41, 5.74) is 1.76. The fraction of sp³-hybridized carbons (Fsp3) is 0.417. The first-order chi connectivity index (χ1) is 7.58. The van der Waals surface area contributed by atoms with Gasteiger partial charge < -0.3 is 10.2 Å². The molecule has 0 heterocycles. The Morgan fingerprint density at radius 2 is 2.12 bits per heavy atom. The number of halogens is 1. The Morgan fingerprint density at radius 1 is 1.44 bits per heavy atom. The Kier molecular flexibility index (Phi) is 3.06. The molecular formula is C12H15ClN2O. The third-order valence-electron chi connectivity index (χ3n) is 2.65. The van der Waals surface area contributed by atoms with Crippen LogP contribution in [-0.4, -0.2) is 20.0 Å². The number of nitrogens with zero attached hydrogens (tertiary/aromatic N) is 1. The Bertz CT molecular complexity index is 413. The number of carbonyl (C=O) groups excluding carboxylic acids is 1. The minimum Gasteiger partial charge on any atom is -0.376 e. The maximum absolute atomic E-state index is 11.7. The lowest BCUT2D eigenvalue weighted by atomic mass is 10.2. The molecule has 1 N–H and O–H groups in total. The van der Waals surface area contributed by atoms with Gasteiger partial charge in [-0.1, -0.05) is 11.6 Å². The second kappa shape index (κ2) is 4.34. The maximum atomic E-state index is 11.7. The van der Waals surface area contributed by atoms with Crippen LogP contribution >= 0.6 is 11.6 Å². The van der Waals surface area contributed by atoms with E-state index in [-0.39, 0.29) is 11.8 Å². The molecule has 3 nitrogen and oxygen atoms in total. The van der Waals surface area contributed by atoms with Gasteiger partial charge in [0, 0.05) is 25.0 Å². The van der Waals surface area contributed by atoms with E-state index in [4.69, 9.17) is 11.6 Å². The molecule has 1 aromatic carbocycles. The number of anilines is 2. The average Bonchev–Trinajstić information content (AvgIpc) is 2.99. The highest BCUT2D eigenvalue weighted by atomic mass is 35.5. The smallest absolute Gasteiger partial charge is 0.227 e. The number of benzene rings is 1. The molecule has 0 bridgehead atoms. The summed E-state index contributed by atoms with van der Waals surface area (Å²) in [5.74, 6) is 0.305. The number of amides is 1. The molecule has 0 unspecified atom stereocenters. The third-order valence-corrected chi connectivity index (χ3v) is 2.88. The van der Waals surface area contributed by atoms with Crippen LogP contribution in [0.5, 0.6) is 0 Å². The van der Waals surface area contributed by atoms with E-state index in [0.29, 0.717) is 5.02 Å². The summed E-state index contributed by atoms with van der Waals surface area (Å²) in [4.78, 5) is 13.6. The number of carbonyl (C=O) groups is 1. The van der Waals surface area contributed by atoms with Gasteiger partial charge in [-0.2, -0.15) is 0 Å². The zero-order chi connectivity index (χ0) is 11.7. The van der Waals surface area contributed by atoms with E-state index in [0.717, 1.165) is 24.2 Å². The molecule has 0 radical (unpaired) electrons. The van der Waals surface area contributed by atoms with E-state index in [1.165, 1.54) is 0 Å². The first-order valence-electron chi connectivity index (χ1n) is 5.35. The van der Waals surface area contributed by atoms with E-state index in [2.05, 4.69) is 5.32 Å². The fourth-order valence-corrected chi connectivity index (χ4v) is 1.75. The molecule has 1 fully saturated rings. The van der Waals surface area contributed by atoms with Gasteiger partial charge in [0.15, 0.2) is 0 Å². The average molecular weight is 239 g/mol. The Morgan fingerprint density at radius 3 is 2.69 bits per heavy atom. The summed E-state index contributed by atoms with van der Waals surface area (Å²) in [7, 11) is 3.88. The topological polar surface area (TPSA) is 32.3 Å². The lowest BCUT2D eigenvalue weighted by Crippen LogP contribution is -2.17. The van der Waals surface area contributed by atoms with Crippen molar-refractivity contribution in [1.29, 1.82) is 0 Å². The lowest BCUT2D eigenvalue weighted by Gasteiger charge is -2.18. The van der Waals surface area contributed by atoms with Crippen molar-refractivity contribution in [2.45, 2.75) is 12.8 Å². The van der Waals surface area contributed by atoms with Crippen molar-refractivity contribution in [2.75, 3.05) is 24.3 Å². The van der Waals surface area contributed by atoms with E-state index >= 15 is 0 Å². The van der Waals surface area contributed by atoms with Crippen molar-refractivity contribution in [3.63, 3.8) is 0 Å². The van der Waals surface area contributed by atoms with E-state index in [9.17, 15) is 4.79 Å². The van der Waals surface area contributed by atoms with E-state index < -0.39 is 0 Å². The standard InChI is InChI=1S/C12H15ClN2O/c1-15(2)11-6-5-9(13)7-10(11)14-12(16)8-3-4-8/h5-8H,3-4H2,1-2H3,(H,14,16). The van der Waals surface area contributed by atoms with Gasteiger partial charge in [0.1, 0.15) is 0 Å². The number of rotatable bonds is 3. The molecule has 2 rings (SSSR count). The van der Waals surface area contributed by atoms with Crippen molar-refractivity contribution < 1.29 is 4.79 Å². The first kappa shape index (κ1) is 11.3. The molecule has 1 amide bonds. The third kappa shape index (κ3) is 2.47. The Balaban J connectivity index is 2.22. The largest absolute Gasteiger partial charge is 0.376 e. The van der Waals surface area contributed by atoms with Gasteiger partial charge >= 0.3 is 0 Å². The summed E-state index contributed by atoms with van der Waals surface area (Å²) >= 11 is 5.93. The van der Waals surface area contributed by atoms with Crippen LogP contribution in [0, 0.1) is 5.92 Å². The normalized spacial score (nSPS) is 14.7. The van der Waals surface area contributed by atoms with E-state index in [1.54, 1.807) is 6.07 Å². The second-order valence-electron chi connectivity index (χ2n) is 4.32. The van der Waals surface area contributed by atoms with E-state index in [1.807, 2.05) is 31.1 Å². The summed E-state index contributed by atoms with van der Waals surface area (Å²) in [5, 5.41) is 3.57. The highest BCUT2D eigenvalue weighted by Gasteiger charge is 2.30. The van der Waals surface area contributed by atoms with Crippen molar-refractivity contribution in [1.82, 2.24) is 0 Å². The summed E-state index contributed by atoms with van der Waals surface area (Å²) < 4.78 is 0. The van der Waals surface area contributed by atoms with Gasteiger partial charge in [0.25, 0.3) is 0 Å². The predicted molar refractivity (Wildman–Crippen MR) is 67.1 cm³/mol. The van der Waals surface area contributed by atoms with Gasteiger partial charge in [0.2, 0.25) is 5.91 Å². The van der Waals surface area contributed by atoms with Crippen LogP contribution in [0.25, 0.3) is 0 Å². The molecule has 1 aromatic rings. The van der Waals surface area contributed by atoms with Crippen LogP contribution in [-0.2, 0) is 4.79 Å². The van der Waals surface area contributed by atoms with Gasteiger partial charge in [-0.15, -0.1) is 0 Å². The first-order valence-corrected chi connectivity index (χ1v) is 5.73. The quantitative estimate of drug-likeness (QED) is 0.878. The fourth-order valence-electron chi connectivity index (χ4n) is 1.58. The van der Waals surface area contributed by atoms with Crippen LogP contribution in [0.4, 0.5) is 11.4 Å². The Hall–Kier alpha value is -1.22. The van der Waals surface area contributed by atoms with Crippen LogP contribution < -0.4 is 10.2 Å². The van der Waals surface area contributed by atoms with Crippen molar-refractivity contribution in [3.05, 3.63) is 23.2 Å². The van der Waals surface area contributed by atoms with Crippen molar-refractivity contribution >= 4 is 28.9 Å². The number of hydrogen-bond donors (Lipinski definition) is 1. The van der Waals surface area contributed by atoms with Crippen LogP contribution in [0.2, 0.25) is 5.02 Å². The molecule has 0 spiro atoms. The molecule has 0 atom stereocenters. The predicted octanol–water partition coefficient (Wildman–Crippen LogP) is 2.75.